The quantitative estimate of drug-likeness (QED) is 0.318. The van der Waals surface area contributed by atoms with Crippen LogP contribution in [-0.4, -0.2) is 14.8 Å². The van der Waals surface area contributed by atoms with Gasteiger partial charge in [0.05, 0.1) is 10.6 Å². The van der Waals surface area contributed by atoms with Crippen molar-refractivity contribution in [1.82, 2.24) is 4.57 Å². The molecule has 2 aromatic carbocycles. The first-order valence-electron chi connectivity index (χ1n) is 8.83. The molecular weight excluding hydrogens is 443 g/mol. The van der Waals surface area contributed by atoms with Crippen LogP contribution < -0.4 is 4.90 Å². The third-order valence-electron chi connectivity index (χ3n) is 4.70. The standard InChI is InChI=1S/C22H16Cl2N2OS2/c1-13-10-15(14(2)25(13)18-8-6-16(23)7-9-18)11-20-21(27)26(22(28)29-20)19-5-3-4-17(24)12-19/h3-12H,1-2H3/b20-11+. The van der Waals surface area contributed by atoms with Crippen LogP contribution in [0.1, 0.15) is 17.0 Å². The first kappa shape index (κ1) is 20.2. The minimum Gasteiger partial charge on any atom is -0.318 e. The van der Waals surface area contributed by atoms with Gasteiger partial charge in [0.25, 0.3) is 5.91 Å². The highest BCUT2D eigenvalue weighted by atomic mass is 35.5. The maximum absolute atomic E-state index is 13.0. The van der Waals surface area contributed by atoms with Gasteiger partial charge in [0.1, 0.15) is 0 Å². The highest BCUT2D eigenvalue weighted by molar-refractivity contribution is 8.27. The average Bonchev–Trinajstić information content (AvgIpc) is 3.11. The first-order chi connectivity index (χ1) is 13.8. The molecule has 146 valence electrons. The molecule has 7 heteroatoms. The van der Waals surface area contributed by atoms with Crippen molar-refractivity contribution in [3.05, 3.63) is 86.5 Å². The van der Waals surface area contributed by atoms with Gasteiger partial charge in [0.15, 0.2) is 4.32 Å². The fourth-order valence-corrected chi connectivity index (χ4v) is 4.97. The van der Waals surface area contributed by atoms with Gasteiger partial charge in [0, 0.05) is 27.1 Å². The summed E-state index contributed by atoms with van der Waals surface area (Å²) in [7, 11) is 0. The number of thiocarbonyl (C=S) groups is 1. The fourth-order valence-electron chi connectivity index (χ4n) is 3.37. The highest BCUT2D eigenvalue weighted by Crippen LogP contribution is 2.37. The van der Waals surface area contributed by atoms with Gasteiger partial charge in [-0.25, -0.2) is 0 Å². The van der Waals surface area contributed by atoms with Crippen LogP contribution in [0.15, 0.2) is 59.5 Å². The van der Waals surface area contributed by atoms with Crippen molar-refractivity contribution in [2.75, 3.05) is 4.90 Å². The van der Waals surface area contributed by atoms with E-state index >= 15 is 0 Å². The third kappa shape index (κ3) is 3.88. The second-order valence-corrected chi connectivity index (χ2v) is 9.18. The Morgan fingerprint density at radius 3 is 2.38 bits per heavy atom. The average molecular weight is 459 g/mol. The highest BCUT2D eigenvalue weighted by Gasteiger charge is 2.33. The maximum Gasteiger partial charge on any atom is 0.270 e. The predicted octanol–water partition coefficient (Wildman–Crippen LogP) is 6.81. The van der Waals surface area contributed by atoms with Crippen molar-refractivity contribution >= 4 is 69.2 Å². The van der Waals surface area contributed by atoms with E-state index in [2.05, 4.69) is 10.6 Å². The van der Waals surface area contributed by atoms with Gasteiger partial charge in [0.2, 0.25) is 0 Å². The maximum atomic E-state index is 13.0. The molecule has 0 unspecified atom stereocenters. The summed E-state index contributed by atoms with van der Waals surface area (Å²) in [6.07, 6.45) is 1.90. The predicted molar refractivity (Wildman–Crippen MR) is 127 cm³/mol. The van der Waals surface area contributed by atoms with E-state index in [9.17, 15) is 4.79 Å². The van der Waals surface area contributed by atoms with Crippen molar-refractivity contribution in [3.63, 3.8) is 0 Å². The number of thioether (sulfide) groups is 1. The number of aryl methyl sites for hydroxylation is 1. The molecule has 0 N–H and O–H groups in total. The van der Waals surface area contributed by atoms with E-state index in [1.165, 1.54) is 16.7 Å². The number of hydrogen-bond acceptors (Lipinski definition) is 3. The second-order valence-electron chi connectivity index (χ2n) is 6.64. The minimum atomic E-state index is -0.140. The number of amides is 1. The van der Waals surface area contributed by atoms with Crippen molar-refractivity contribution in [3.8, 4) is 5.69 Å². The monoisotopic (exact) mass is 458 g/mol. The van der Waals surface area contributed by atoms with Crippen molar-refractivity contribution in [1.29, 1.82) is 0 Å². The number of hydrogen-bond donors (Lipinski definition) is 0. The third-order valence-corrected chi connectivity index (χ3v) is 6.49. The molecule has 1 aliphatic heterocycles. The SMILES string of the molecule is Cc1cc(/C=C2/SC(=S)N(c3cccc(Cl)c3)C2=O)c(C)n1-c1ccc(Cl)cc1. The first-order valence-corrected chi connectivity index (χ1v) is 10.8. The molecule has 4 rings (SSSR count). The van der Waals surface area contributed by atoms with Crippen LogP contribution in [0.2, 0.25) is 10.0 Å². The van der Waals surface area contributed by atoms with E-state index in [0.717, 1.165) is 22.6 Å². The molecule has 3 aromatic rings. The Morgan fingerprint density at radius 2 is 1.69 bits per heavy atom. The van der Waals surface area contributed by atoms with E-state index in [0.29, 0.717) is 25.0 Å². The zero-order chi connectivity index (χ0) is 20.7. The molecule has 2 heterocycles. The Hall–Kier alpha value is -2.05. The summed E-state index contributed by atoms with van der Waals surface area (Å²) in [5, 5.41) is 1.26. The van der Waals surface area contributed by atoms with Gasteiger partial charge in [-0.1, -0.05) is 53.2 Å². The van der Waals surface area contributed by atoms with Gasteiger partial charge in [-0.3, -0.25) is 9.69 Å². The van der Waals surface area contributed by atoms with Crippen LogP contribution in [-0.2, 0) is 4.79 Å². The summed E-state index contributed by atoms with van der Waals surface area (Å²) in [4.78, 5) is 15.1. The largest absolute Gasteiger partial charge is 0.318 e. The lowest BCUT2D eigenvalue weighted by Gasteiger charge is -2.14. The summed E-state index contributed by atoms with van der Waals surface area (Å²) in [6, 6.07) is 16.9. The Bertz CT molecular complexity index is 1170. The number of rotatable bonds is 3. The topological polar surface area (TPSA) is 25.2 Å². The van der Waals surface area contributed by atoms with E-state index in [-0.39, 0.29) is 5.91 Å². The van der Waals surface area contributed by atoms with E-state index in [1.54, 1.807) is 18.2 Å². The molecule has 1 aromatic heterocycles. The molecule has 0 bridgehead atoms. The van der Waals surface area contributed by atoms with E-state index in [1.807, 2.05) is 50.3 Å². The molecule has 0 spiro atoms. The molecule has 0 radical (unpaired) electrons. The number of anilines is 1. The molecule has 1 aliphatic rings. The molecule has 1 amide bonds. The molecular formula is C22H16Cl2N2OS2. The summed E-state index contributed by atoms with van der Waals surface area (Å²) in [5.74, 6) is -0.140. The lowest BCUT2D eigenvalue weighted by atomic mass is 10.2. The molecule has 1 fully saturated rings. The zero-order valence-corrected chi connectivity index (χ0v) is 18.8. The lowest BCUT2D eigenvalue weighted by molar-refractivity contribution is -0.113. The number of nitrogens with zero attached hydrogens (tertiary/aromatic N) is 2. The lowest BCUT2D eigenvalue weighted by Crippen LogP contribution is -2.27. The number of carbonyl (C=O) groups excluding carboxylic acids is 1. The number of benzene rings is 2. The Morgan fingerprint density at radius 1 is 0.966 bits per heavy atom. The van der Waals surface area contributed by atoms with Gasteiger partial charge in [-0.15, -0.1) is 0 Å². The summed E-state index contributed by atoms with van der Waals surface area (Å²) in [6.45, 7) is 4.07. The van der Waals surface area contributed by atoms with Crippen molar-refractivity contribution < 1.29 is 4.79 Å². The molecule has 3 nitrogen and oxygen atoms in total. The smallest absolute Gasteiger partial charge is 0.270 e. The van der Waals surface area contributed by atoms with Crippen LogP contribution in [0, 0.1) is 13.8 Å². The van der Waals surface area contributed by atoms with Crippen LogP contribution in [0.25, 0.3) is 11.8 Å². The minimum absolute atomic E-state index is 0.140. The van der Waals surface area contributed by atoms with Gasteiger partial charge in [-0.05, 0) is 74.0 Å². The normalized spacial score (nSPS) is 15.6. The molecule has 1 saturated heterocycles. The van der Waals surface area contributed by atoms with Crippen molar-refractivity contribution in [2.24, 2.45) is 0 Å². The summed E-state index contributed by atoms with van der Waals surface area (Å²) >= 11 is 18.9. The van der Waals surface area contributed by atoms with Crippen molar-refractivity contribution in [2.45, 2.75) is 13.8 Å². The van der Waals surface area contributed by atoms with Crippen LogP contribution in [0.5, 0.6) is 0 Å². The fraction of sp³-hybridized carbons (Fsp3) is 0.0909. The van der Waals surface area contributed by atoms with Gasteiger partial charge in [-0.2, -0.15) is 0 Å². The number of carbonyl (C=O) groups is 1. The molecule has 0 saturated carbocycles. The molecule has 0 aliphatic carbocycles. The summed E-state index contributed by atoms with van der Waals surface area (Å²) < 4.78 is 2.63. The summed E-state index contributed by atoms with van der Waals surface area (Å²) in [5.41, 5.74) is 4.79. The Kier molecular flexibility index (Phi) is 5.58. The van der Waals surface area contributed by atoms with Crippen LogP contribution in [0.4, 0.5) is 5.69 Å². The number of halogens is 2. The zero-order valence-electron chi connectivity index (χ0n) is 15.6. The second kappa shape index (κ2) is 8.00. The van der Waals surface area contributed by atoms with Gasteiger partial charge < -0.3 is 4.57 Å². The molecule has 0 atom stereocenters. The van der Waals surface area contributed by atoms with Gasteiger partial charge >= 0.3 is 0 Å². The van der Waals surface area contributed by atoms with Crippen LogP contribution >= 0.6 is 47.2 Å². The number of aromatic nitrogens is 1. The Balaban J connectivity index is 1.70. The van der Waals surface area contributed by atoms with E-state index < -0.39 is 0 Å². The van der Waals surface area contributed by atoms with Crippen LogP contribution in [0.3, 0.4) is 0 Å². The molecule has 29 heavy (non-hydrogen) atoms. The van der Waals surface area contributed by atoms with E-state index in [4.69, 9.17) is 35.4 Å². The Labute approximate surface area is 188 Å².